The number of fused-ring (bicyclic) bond motifs is 3. The van der Waals surface area contributed by atoms with Crippen LogP contribution in [0.5, 0.6) is 0 Å². The van der Waals surface area contributed by atoms with Gasteiger partial charge in [0.25, 0.3) is 0 Å². The minimum Gasteiger partial charge on any atom is -0.466 e. The van der Waals surface area contributed by atoms with E-state index in [1.807, 2.05) is 6.08 Å². The van der Waals surface area contributed by atoms with E-state index in [1.165, 1.54) is 86.2 Å². The third-order valence-electron chi connectivity index (χ3n) is 7.52. The summed E-state index contributed by atoms with van der Waals surface area (Å²) in [5.41, 5.74) is 6.68. The Morgan fingerprint density at radius 3 is 2.60 bits per heavy atom. The van der Waals surface area contributed by atoms with Crippen LogP contribution in [0.1, 0.15) is 48.1 Å². The number of hydrogen-bond donors (Lipinski definition) is 0. The van der Waals surface area contributed by atoms with Gasteiger partial charge in [-0.05, 0) is 73.8 Å². The third kappa shape index (κ3) is 5.68. The number of benzene rings is 2. The SMILES string of the molecule is COC(=O)/C=C/c1ccc2c(c1)c1c(n2CCCN2CCCCC2)CCN(Cc2ccccc2)C1. The van der Waals surface area contributed by atoms with Crippen LogP contribution in [0.25, 0.3) is 17.0 Å². The number of ether oxygens (including phenoxy) is 1. The molecule has 0 saturated carbocycles. The highest BCUT2D eigenvalue weighted by Crippen LogP contribution is 2.33. The average Bonchev–Trinajstić information content (AvgIpc) is 3.21. The van der Waals surface area contributed by atoms with Crippen LogP contribution >= 0.6 is 0 Å². The van der Waals surface area contributed by atoms with E-state index in [0.717, 1.165) is 38.2 Å². The van der Waals surface area contributed by atoms with E-state index in [4.69, 9.17) is 4.74 Å². The largest absolute Gasteiger partial charge is 0.466 e. The Bertz CT molecular complexity index is 1180. The number of aryl methyl sites for hydroxylation is 1. The molecular formula is C30H37N3O2. The molecule has 184 valence electrons. The maximum absolute atomic E-state index is 11.6. The van der Waals surface area contributed by atoms with Crippen LogP contribution in [0.3, 0.4) is 0 Å². The second-order valence-corrected chi connectivity index (χ2v) is 9.91. The molecule has 0 unspecified atom stereocenters. The van der Waals surface area contributed by atoms with Crippen LogP contribution in [0.4, 0.5) is 0 Å². The molecule has 0 amide bonds. The van der Waals surface area contributed by atoms with E-state index < -0.39 is 0 Å². The zero-order chi connectivity index (χ0) is 24.0. The minimum atomic E-state index is -0.323. The fourth-order valence-corrected chi connectivity index (χ4v) is 5.73. The molecule has 3 heterocycles. The second kappa shape index (κ2) is 11.2. The number of carbonyl (C=O) groups is 1. The number of hydrogen-bond acceptors (Lipinski definition) is 4. The first kappa shape index (κ1) is 23.8. The summed E-state index contributed by atoms with van der Waals surface area (Å²) in [6, 6.07) is 17.4. The van der Waals surface area contributed by atoms with Gasteiger partial charge < -0.3 is 14.2 Å². The fraction of sp³-hybridized carbons (Fsp3) is 0.433. The molecule has 3 aromatic rings. The highest BCUT2D eigenvalue weighted by Gasteiger charge is 2.24. The molecule has 2 aliphatic heterocycles. The van der Waals surface area contributed by atoms with Gasteiger partial charge in [0.2, 0.25) is 0 Å². The van der Waals surface area contributed by atoms with Gasteiger partial charge in [-0.2, -0.15) is 0 Å². The first-order valence-electron chi connectivity index (χ1n) is 13.1. The Morgan fingerprint density at radius 1 is 0.971 bits per heavy atom. The van der Waals surface area contributed by atoms with Crippen molar-refractivity contribution in [2.45, 2.75) is 51.7 Å². The smallest absolute Gasteiger partial charge is 0.330 e. The molecule has 2 aliphatic rings. The van der Waals surface area contributed by atoms with E-state index in [9.17, 15) is 4.79 Å². The number of piperidine rings is 1. The third-order valence-corrected chi connectivity index (χ3v) is 7.52. The fourth-order valence-electron chi connectivity index (χ4n) is 5.73. The van der Waals surface area contributed by atoms with Gasteiger partial charge in [0.05, 0.1) is 7.11 Å². The van der Waals surface area contributed by atoms with Crippen molar-refractivity contribution in [1.29, 1.82) is 0 Å². The molecule has 1 saturated heterocycles. The van der Waals surface area contributed by atoms with Crippen LogP contribution in [0.15, 0.2) is 54.6 Å². The zero-order valence-corrected chi connectivity index (χ0v) is 20.9. The number of rotatable bonds is 8. The summed E-state index contributed by atoms with van der Waals surface area (Å²) in [5, 5.41) is 1.32. The number of likely N-dealkylation sites (tertiary alicyclic amines) is 1. The van der Waals surface area contributed by atoms with E-state index in [1.54, 1.807) is 0 Å². The van der Waals surface area contributed by atoms with Gasteiger partial charge in [-0.15, -0.1) is 0 Å². The molecule has 1 aromatic heterocycles. The summed E-state index contributed by atoms with van der Waals surface area (Å²) >= 11 is 0. The summed E-state index contributed by atoms with van der Waals surface area (Å²) in [6.45, 7) is 7.80. The lowest BCUT2D eigenvalue weighted by molar-refractivity contribution is -0.134. The van der Waals surface area contributed by atoms with Crippen molar-refractivity contribution >= 4 is 22.9 Å². The summed E-state index contributed by atoms with van der Waals surface area (Å²) in [5.74, 6) is -0.323. The molecule has 5 heteroatoms. The molecule has 5 rings (SSSR count). The van der Waals surface area contributed by atoms with Crippen LogP contribution in [-0.2, 0) is 35.6 Å². The van der Waals surface area contributed by atoms with Crippen molar-refractivity contribution in [2.24, 2.45) is 0 Å². The maximum Gasteiger partial charge on any atom is 0.330 e. The Balaban J connectivity index is 1.41. The van der Waals surface area contributed by atoms with Gasteiger partial charge in [-0.25, -0.2) is 4.79 Å². The number of aromatic nitrogens is 1. The van der Waals surface area contributed by atoms with Gasteiger partial charge in [-0.1, -0.05) is 42.8 Å². The molecule has 0 radical (unpaired) electrons. The Labute approximate surface area is 209 Å². The highest BCUT2D eigenvalue weighted by molar-refractivity contribution is 5.91. The number of nitrogens with zero attached hydrogens (tertiary/aromatic N) is 3. The van der Waals surface area contributed by atoms with Crippen LogP contribution in [0, 0.1) is 0 Å². The summed E-state index contributed by atoms with van der Waals surface area (Å²) in [4.78, 5) is 16.8. The van der Waals surface area contributed by atoms with E-state index in [0.29, 0.717) is 0 Å². The van der Waals surface area contributed by atoms with Gasteiger partial charge in [0, 0.05) is 55.3 Å². The summed E-state index contributed by atoms with van der Waals surface area (Å²) in [7, 11) is 1.41. The van der Waals surface area contributed by atoms with Gasteiger partial charge in [0.1, 0.15) is 0 Å². The maximum atomic E-state index is 11.6. The number of carbonyl (C=O) groups excluding carboxylic acids is 1. The van der Waals surface area contributed by atoms with E-state index >= 15 is 0 Å². The number of esters is 1. The van der Waals surface area contributed by atoms with Crippen LogP contribution < -0.4 is 0 Å². The normalized spacial score (nSPS) is 17.2. The Kier molecular flexibility index (Phi) is 7.65. The predicted molar refractivity (Wildman–Crippen MR) is 142 cm³/mol. The van der Waals surface area contributed by atoms with Crippen molar-refractivity contribution in [3.8, 4) is 0 Å². The van der Waals surface area contributed by atoms with Crippen LogP contribution in [0.2, 0.25) is 0 Å². The molecular weight excluding hydrogens is 434 g/mol. The van der Waals surface area contributed by atoms with Gasteiger partial charge in [0.15, 0.2) is 0 Å². The molecule has 5 nitrogen and oxygen atoms in total. The predicted octanol–water partition coefficient (Wildman–Crippen LogP) is 5.26. The second-order valence-electron chi connectivity index (χ2n) is 9.91. The summed E-state index contributed by atoms with van der Waals surface area (Å²) < 4.78 is 7.36. The quantitative estimate of drug-likeness (QED) is 0.332. The van der Waals surface area contributed by atoms with Crippen molar-refractivity contribution in [1.82, 2.24) is 14.4 Å². The van der Waals surface area contributed by atoms with Crippen LogP contribution in [-0.4, -0.2) is 53.6 Å². The van der Waals surface area contributed by atoms with Gasteiger partial charge in [-0.3, -0.25) is 4.90 Å². The molecule has 0 spiro atoms. The number of methoxy groups -OCH3 is 1. The lowest BCUT2D eigenvalue weighted by Gasteiger charge is -2.29. The average molecular weight is 472 g/mol. The minimum absolute atomic E-state index is 0.323. The Morgan fingerprint density at radius 2 is 1.80 bits per heavy atom. The van der Waals surface area contributed by atoms with Crippen molar-refractivity contribution in [3.05, 3.63) is 77.0 Å². The molecule has 0 atom stereocenters. The monoisotopic (exact) mass is 471 g/mol. The highest BCUT2D eigenvalue weighted by atomic mass is 16.5. The van der Waals surface area contributed by atoms with Gasteiger partial charge >= 0.3 is 5.97 Å². The molecule has 0 aliphatic carbocycles. The molecule has 0 N–H and O–H groups in total. The van der Waals surface area contributed by atoms with E-state index in [2.05, 4.69) is 62.9 Å². The first-order valence-corrected chi connectivity index (χ1v) is 13.1. The summed E-state index contributed by atoms with van der Waals surface area (Å²) in [6.07, 6.45) is 9.71. The lowest BCUT2D eigenvalue weighted by atomic mass is 10.0. The zero-order valence-electron chi connectivity index (χ0n) is 20.9. The first-order chi connectivity index (χ1) is 17.2. The lowest BCUT2D eigenvalue weighted by Crippen LogP contribution is -2.32. The molecule has 0 bridgehead atoms. The molecule has 1 fully saturated rings. The van der Waals surface area contributed by atoms with Crippen molar-refractivity contribution in [3.63, 3.8) is 0 Å². The molecule has 35 heavy (non-hydrogen) atoms. The van der Waals surface area contributed by atoms with Crippen molar-refractivity contribution in [2.75, 3.05) is 33.3 Å². The van der Waals surface area contributed by atoms with Crippen molar-refractivity contribution < 1.29 is 9.53 Å². The van der Waals surface area contributed by atoms with E-state index in [-0.39, 0.29) is 5.97 Å². The Hall–Kier alpha value is -2.89. The standard InChI is InChI=1S/C30H37N3O2/c1-35-30(34)14-12-24-11-13-28-26(21-24)27-23-32(22-25-9-4-2-5-10-25)20-15-29(27)33(28)19-8-18-31-16-6-3-7-17-31/h2,4-5,9-14,21H,3,6-8,15-20,22-23H2,1H3/b14-12+. The topological polar surface area (TPSA) is 37.7 Å². The molecule has 2 aromatic carbocycles.